The maximum atomic E-state index is 14.1. The van der Waals surface area contributed by atoms with E-state index in [-0.39, 0.29) is 5.56 Å². The quantitative estimate of drug-likeness (QED) is 0.246. The van der Waals surface area contributed by atoms with E-state index in [9.17, 15) is 4.79 Å². The van der Waals surface area contributed by atoms with Crippen LogP contribution in [0.4, 0.5) is 0 Å². The van der Waals surface area contributed by atoms with Crippen molar-refractivity contribution in [2.45, 2.75) is 6.92 Å². The van der Waals surface area contributed by atoms with Gasteiger partial charge in [0.2, 0.25) is 0 Å². The molecule has 0 aliphatic rings. The monoisotopic (exact) mass is 485 g/mol. The highest BCUT2D eigenvalue weighted by Gasteiger charge is 2.22. The zero-order valence-electron chi connectivity index (χ0n) is 19.7. The summed E-state index contributed by atoms with van der Waals surface area (Å²) in [5.41, 5.74) is 6.29. The number of aromatic nitrogens is 3. The van der Waals surface area contributed by atoms with Crippen molar-refractivity contribution in [3.63, 3.8) is 0 Å². The molecular weight excluding hydrogens is 462 g/mol. The van der Waals surface area contributed by atoms with Gasteiger partial charge in [0, 0.05) is 11.4 Å². The Balaban J connectivity index is 1.85. The predicted octanol–water partition coefficient (Wildman–Crippen LogP) is 7.28. The third kappa shape index (κ3) is 3.61. The molecule has 0 bridgehead atoms. The second-order valence-corrected chi connectivity index (χ2v) is 9.10. The van der Waals surface area contributed by atoms with Crippen molar-refractivity contribution in [1.82, 2.24) is 13.7 Å². The van der Waals surface area contributed by atoms with Crippen molar-refractivity contribution in [3.8, 4) is 28.3 Å². The highest BCUT2D eigenvalue weighted by molar-refractivity contribution is 7.71. The normalized spacial score (nSPS) is 11.1. The fraction of sp³-hybridized carbons (Fsp3) is 0.0323. The van der Waals surface area contributed by atoms with Crippen molar-refractivity contribution < 1.29 is 0 Å². The number of aryl methyl sites for hydroxylation is 1. The van der Waals surface area contributed by atoms with Crippen LogP contribution in [-0.2, 0) is 0 Å². The van der Waals surface area contributed by atoms with E-state index in [0.717, 1.165) is 39.5 Å². The average Bonchev–Trinajstić information content (AvgIpc) is 3.31. The SMILES string of the molecule is Cc1cccc(-n2c(-c3ccccc3)cc3c(=O)n(-c4ccccc4)c(=S)n(-c4ccccc4)c32)c1. The van der Waals surface area contributed by atoms with Gasteiger partial charge >= 0.3 is 0 Å². The number of hydrogen-bond donors (Lipinski definition) is 0. The lowest BCUT2D eigenvalue weighted by Gasteiger charge is -2.18. The van der Waals surface area contributed by atoms with Crippen molar-refractivity contribution in [2.75, 3.05) is 0 Å². The first-order valence-electron chi connectivity index (χ1n) is 11.8. The number of benzene rings is 4. The lowest BCUT2D eigenvalue weighted by molar-refractivity contribution is 0.858. The molecule has 4 nitrogen and oxygen atoms in total. The van der Waals surface area contributed by atoms with Crippen LogP contribution < -0.4 is 5.56 Å². The third-order valence-electron chi connectivity index (χ3n) is 6.36. The Morgan fingerprint density at radius 2 is 1.14 bits per heavy atom. The molecule has 36 heavy (non-hydrogen) atoms. The first-order chi connectivity index (χ1) is 17.6. The van der Waals surface area contributed by atoms with Gasteiger partial charge in [-0.1, -0.05) is 78.9 Å². The fourth-order valence-electron chi connectivity index (χ4n) is 4.74. The van der Waals surface area contributed by atoms with Crippen LogP contribution in [0.2, 0.25) is 0 Å². The molecule has 0 fully saturated rings. The highest BCUT2D eigenvalue weighted by Crippen LogP contribution is 2.32. The molecule has 6 aromatic rings. The minimum absolute atomic E-state index is 0.142. The van der Waals surface area contributed by atoms with Crippen molar-refractivity contribution in [2.24, 2.45) is 0 Å². The summed E-state index contributed by atoms with van der Waals surface area (Å²) < 4.78 is 6.20. The minimum Gasteiger partial charge on any atom is -0.295 e. The summed E-state index contributed by atoms with van der Waals surface area (Å²) in [6.07, 6.45) is 0. The molecule has 0 radical (unpaired) electrons. The Morgan fingerprint density at radius 3 is 1.75 bits per heavy atom. The van der Waals surface area contributed by atoms with Gasteiger partial charge in [0.15, 0.2) is 4.77 Å². The fourth-order valence-corrected chi connectivity index (χ4v) is 5.12. The molecule has 0 saturated carbocycles. The van der Waals surface area contributed by atoms with Gasteiger partial charge in [-0.3, -0.25) is 18.5 Å². The van der Waals surface area contributed by atoms with Crippen LogP contribution in [0, 0.1) is 11.7 Å². The molecule has 2 aromatic heterocycles. The van der Waals surface area contributed by atoms with Gasteiger partial charge in [-0.15, -0.1) is 0 Å². The van der Waals surface area contributed by atoms with Crippen molar-refractivity contribution >= 4 is 23.3 Å². The summed E-state index contributed by atoms with van der Waals surface area (Å²) in [5.74, 6) is 0. The Morgan fingerprint density at radius 1 is 0.583 bits per heavy atom. The lowest BCUT2D eigenvalue weighted by atomic mass is 10.1. The largest absolute Gasteiger partial charge is 0.295 e. The van der Waals surface area contributed by atoms with E-state index < -0.39 is 0 Å². The molecule has 0 aliphatic carbocycles. The van der Waals surface area contributed by atoms with Crippen LogP contribution in [0.1, 0.15) is 5.56 Å². The summed E-state index contributed by atoms with van der Waals surface area (Å²) in [5, 5.41) is 0.594. The van der Waals surface area contributed by atoms with Gasteiger partial charge in [0.25, 0.3) is 5.56 Å². The van der Waals surface area contributed by atoms with Gasteiger partial charge in [-0.2, -0.15) is 0 Å². The second kappa shape index (κ2) is 8.95. The number of rotatable bonds is 4. The molecule has 4 aromatic carbocycles. The zero-order chi connectivity index (χ0) is 24.6. The summed E-state index contributed by atoms with van der Waals surface area (Å²) in [6.45, 7) is 2.07. The molecule has 0 aliphatic heterocycles. The van der Waals surface area contributed by atoms with Gasteiger partial charge in [-0.05, 0) is 72.7 Å². The van der Waals surface area contributed by atoms with E-state index in [4.69, 9.17) is 12.2 Å². The molecule has 6 rings (SSSR count). The topological polar surface area (TPSA) is 31.9 Å². The molecule has 0 spiro atoms. The van der Waals surface area contributed by atoms with Crippen molar-refractivity contribution in [1.29, 1.82) is 0 Å². The Hall–Kier alpha value is -4.48. The smallest absolute Gasteiger partial charge is 0.268 e. The number of fused-ring (bicyclic) bond motifs is 1. The van der Waals surface area contributed by atoms with E-state index in [1.807, 2.05) is 95.6 Å². The molecule has 2 heterocycles. The van der Waals surface area contributed by atoms with E-state index in [1.165, 1.54) is 0 Å². The van der Waals surface area contributed by atoms with Gasteiger partial charge in [-0.25, -0.2) is 0 Å². The van der Waals surface area contributed by atoms with E-state index >= 15 is 0 Å². The minimum atomic E-state index is -0.142. The average molecular weight is 486 g/mol. The summed E-state index contributed by atoms with van der Waals surface area (Å²) >= 11 is 6.04. The van der Waals surface area contributed by atoms with Gasteiger partial charge in [0.05, 0.1) is 16.8 Å². The van der Waals surface area contributed by atoms with E-state index in [2.05, 4.69) is 41.8 Å². The predicted molar refractivity (Wildman–Crippen MR) is 149 cm³/mol. The highest BCUT2D eigenvalue weighted by atomic mass is 32.1. The maximum absolute atomic E-state index is 14.1. The van der Waals surface area contributed by atoms with Crippen LogP contribution in [0.15, 0.2) is 126 Å². The number of hydrogen-bond acceptors (Lipinski definition) is 2. The van der Waals surface area contributed by atoms with E-state index in [0.29, 0.717) is 10.2 Å². The lowest BCUT2D eigenvalue weighted by Crippen LogP contribution is -2.24. The molecule has 0 amide bonds. The third-order valence-corrected chi connectivity index (χ3v) is 6.73. The standard InChI is InChI=1S/C31H23N3OS/c1-22-12-11-19-26(20-22)32-28(23-13-5-2-6-14-23)21-27-29(32)33(24-15-7-3-8-16-24)31(36)34(30(27)35)25-17-9-4-10-18-25/h2-21H,1H3. The number of para-hydroxylation sites is 2. The van der Waals surface area contributed by atoms with Crippen LogP contribution in [0.25, 0.3) is 39.4 Å². The van der Waals surface area contributed by atoms with Crippen LogP contribution >= 0.6 is 12.2 Å². The summed E-state index contributed by atoms with van der Waals surface area (Å²) in [4.78, 5) is 14.1. The molecule has 5 heteroatoms. The zero-order valence-corrected chi connectivity index (χ0v) is 20.5. The molecule has 0 atom stereocenters. The maximum Gasteiger partial charge on any atom is 0.268 e. The molecular formula is C31H23N3OS. The summed E-state index contributed by atoms with van der Waals surface area (Å²) in [6, 6.07) is 40.0. The van der Waals surface area contributed by atoms with Crippen LogP contribution in [-0.4, -0.2) is 13.7 Å². The Labute approximate surface area is 214 Å². The Bertz CT molecular complexity index is 1820. The van der Waals surface area contributed by atoms with E-state index in [1.54, 1.807) is 4.57 Å². The molecule has 0 unspecified atom stereocenters. The van der Waals surface area contributed by atoms with Crippen LogP contribution in [0.5, 0.6) is 0 Å². The van der Waals surface area contributed by atoms with Gasteiger partial charge in [0.1, 0.15) is 5.65 Å². The van der Waals surface area contributed by atoms with Gasteiger partial charge < -0.3 is 0 Å². The first-order valence-corrected chi connectivity index (χ1v) is 12.2. The van der Waals surface area contributed by atoms with Crippen LogP contribution in [0.3, 0.4) is 0 Å². The molecule has 174 valence electrons. The molecule has 0 N–H and O–H groups in total. The Kier molecular flexibility index (Phi) is 5.47. The second-order valence-electron chi connectivity index (χ2n) is 8.74. The molecule has 0 saturated heterocycles. The number of nitrogens with zero attached hydrogens (tertiary/aromatic N) is 3. The first kappa shape index (κ1) is 22.0. The van der Waals surface area contributed by atoms with Crippen molar-refractivity contribution in [3.05, 3.63) is 142 Å². The summed E-state index contributed by atoms with van der Waals surface area (Å²) in [7, 11) is 0.